The number of carbonyl (C=O) groups is 1. The Bertz CT molecular complexity index is 807. The first-order chi connectivity index (χ1) is 14.7. The Labute approximate surface area is 178 Å². The molecule has 0 radical (unpaired) electrons. The molecule has 0 spiro atoms. The molecule has 7 nitrogen and oxygen atoms in total. The smallest absolute Gasteiger partial charge is 0.321 e. The summed E-state index contributed by atoms with van der Waals surface area (Å²) in [5.41, 5.74) is 2.86. The number of rotatable bonds is 9. The number of nitrogens with zero attached hydrogens (tertiary/aromatic N) is 2. The van der Waals surface area contributed by atoms with E-state index in [1.807, 2.05) is 54.3 Å². The number of para-hydroxylation sites is 2. The Morgan fingerprint density at radius 2 is 1.77 bits per heavy atom. The van der Waals surface area contributed by atoms with Gasteiger partial charge in [-0.05, 0) is 36.8 Å². The molecule has 30 heavy (non-hydrogen) atoms. The number of benzene rings is 2. The number of hydrogen-bond acceptors (Lipinski definition) is 5. The highest BCUT2D eigenvalue weighted by atomic mass is 16.5. The Morgan fingerprint density at radius 1 is 1.00 bits per heavy atom. The standard InChI is InChI=1S/C23H31N3O4/c1-3-29-15-16-30-18-19-7-6-8-20(17-19)24-23(27)26-13-11-25(12-14-26)21-9-4-5-10-22(21)28-2/h4-10,17H,3,11-16,18H2,1-2H3,(H,24,27). The molecule has 1 fully saturated rings. The molecule has 1 aliphatic heterocycles. The lowest BCUT2D eigenvalue weighted by Gasteiger charge is -2.36. The van der Waals surface area contributed by atoms with Crippen molar-refractivity contribution in [3.63, 3.8) is 0 Å². The minimum Gasteiger partial charge on any atom is -0.495 e. The lowest BCUT2D eigenvalue weighted by molar-refractivity contribution is 0.0453. The quantitative estimate of drug-likeness (QED) is 0.637. The summed E-state index contributed by atoms with van der Waals surface area (Å²) in [6, 6.07) is 15.7. The second-order valence-corrected chi connectivity index (χ2v) is 7.03. The van der Waals surface area contributed by atoms with Crippen molar-refractivity contribution < 1.29 is 19.0 Å². The van der Waals surface area contributed by atoms with Crippen molar-refractivity contribution in [3.8, 4) is 5.75 Å². The summed E-state index contributed by atoms with van der Waals surface area (Å²) in [4.78, 5) is 16.8. The molecule has 0 bridgehead atoms. The van der Waals surface area contributed by atoms with Gasteiger partial charge >= 0.3 is 6.03 Å². The number of amides is 2. The third-order valence-corrected chi connectivity index (χ3v) is 5.02. The maximum absolute atomic E-state index is 12.7. The summed E-state index contributed by atoms with van der Waals surface area (Å²) in [5, 5.41) is 3.00. The third kappa shape index (κ3) is 6.11. The maximum Gasteiger partial charge on any atom is 0.321 e. The van der Waals surface area contributed by atoms with Crippen LogP contribution in [0.25, 0.3) is 0 Å². The van der Waals surface area contributed by atoms with E-state index >= 15 is 0 Å². The largest absolute Gasteiger partial charge is 0.495 e. The predicted octanol–water partition coefficient (Wildman–Crippen LogP) is 3.60. The number of urea groups is 1. The molecule has 1 N–H and O–H groups in total. The van der Waals surface area contributed by atoms with Gasteiger partial charge in [0, 0.05) is 38.5 Å². The fourth-order valence-corrected chi connectivity index (χ4v) is 3.44. The average molecular weight is 414 g/mol. The van der Waals surface area contributed by atoms with Gasteiger partial charge in [0.1, 0.15) is 5.75 Å². The Hall–Kier alpha value is -2.77. The van der Waals surface area contributed by atoms with Crippen LogP contribution in [0.2, 0.25) is 0 Å². The normalized spacial score (nSPS) is 13.9. The molecule has 2 amide bonds. The molecule has 3 rings (SSSR count). The van der Waals surface area contributed by atoms with Crippen LogP contribution in [-0.2, 0) is 16.1 Å². The first-order valence-electron chi connectivity index (χ1n) is 10.4. The molecule has 1 aliphatic rings. The third-order valence-electron chi connectivity index (χ3n) is 5.02. The minimum atomic E-state index is -0.0795. The van der Waals surface area contributed by atoms with Crippen molar-refractivity contribution in [3.05, 3.63) is 54.1 Å². The lowest BCUT2D eigenvalue weighted by Crippen LogP contribution is -2.50. The van der Waals surface area contributed by atoms with Gasteiger partial charge in [0.15, 0.2) is 0 Å². The summed E-state index contributed by atoms with van der Waals surface area (Å²) in [6.45, 7) is 7.14. The Balaban J connectivity index is 1.48. The number of hydrogen-bond donors (Lipinski definition) is 1. The van der Waals surface area contributed by atoms with Crippen LogP contribution in [0, 0.1) is 0 Å². The molecule has 0 aromatic heterocycles. The average Bonchev–Trinajstić information content (AvgIpc) is 2.79. The van der Waals surface area contributed by atoms with E-state index in [9.17, 15) is 4.79 Å². The minimum absolute atomic E-state index is 0.0795. The summed E-state index contributed by atoms with van der Waals surface area (Å²) < 4.78 is 16.3. The van der Waals surface area contributed by atoms with E-state index < -0.39 is 0 Å². The van der Waals surface area contributed by atoms with Gasteiger partial charge in [-0.2, -0.15) is 0 Å². The topological polar surface area (TPSA) is 63.3 Å². The van der Waals surface area contributed by atoms with Gasteiger partial charge in [0.05, 0.1) is 32.6 Å². The Kier molecular flexibility index (Phi) is 8.35. The summed E-state index contributed by atoms with van der Waals surface area (Å²) in [7, 11) is 1.68. The molecule has 0 aliphatic carbocycles. The van der Waals surface area contributed by atoms with Crippen LogP contribution in [-0.4, -0.2) is 64.0 Å². The van der Waals surface area contributed by atoms with Crippen LogP contribution in [0.15, 0.2) is 48.5 Å². The monoisotopic (exact) mass is 413 g/mol. The zero-order valence-electron chi connectivity index (χ0n) is 17.8. The number of methoxy groups -OCH3 is 1. The van der Waals surface area contributed by atoms with Crippen LogP contribution in [0.1, 0.15) is 12.5 Å². The van der Waals surface area contributed by atoms with E-state index in [2.05, 4.69) is 16.3 Å². The summed E-state index contributed by atoms with van der Waals surface area (Å²) >= 11 is 0. The van der Waals surface area contributed by atoms with Gasteiger partial charge in [-0.1, -0.05) is 24.3 Å². The first-order valence-corrected chi connectivity index (χ1v) is 10.4. The number of piperazine rings is 1. The van der Waals surface area contributed by atoms with E-state index in [4.69, 9.17) is 14.2 Å². The molecule has 1 saturated heterocycles. The van der Waals surface area contributed by atoms with E-state index in [1.54, 1.807) is 7.11 Å². The number of ether oxygens (including phenoxy) is 3. The second kappa shape index (κ2) is 11.4. The van der Waals surface area contributed by atoms with Gasteiger partial charge in [0.25, 0.3) is 0 Å². The predicted molar refractivity (Wildman–Crippen MR) is 118 cm³/mol. The highest BCUT2D eigenvalue weighted by molar-refractivity contribution is 5.89. The molecule has 2 aromatic carbocycles. The molecule has 0 unspecified atom stereocenters. The molecule has 0 saturated carbocycles. The van der Waals surface area contributed by atoms with E-state index in [0.717, 1.165) is 35.8 Å². The molecular weight excluding hydrogens is 382 g/mol. The molecule has 0 atom stereocenters. The van der Waals surface area contributed by atoms with Gasteiger partial charge < -0.3 is 29.3 Å². The molecular formula is C23H31N3O4. The SMILES string of the molecule is CCOCCOCc1cccc(NC(=O)N2CCN(c3ccccc3OC)CC2)c1. The van der Waals surface area contributed by atoms with Gasteiger partial charge in [-0.3, -0.25) is 0 Å². The summed E-state index contributed by atoms with van der Waals surface area (Å²) in [6.07, 6.45) is 0. The van der Waals surface area contributed by atoms with Crippen molar-refractivity contribution in [2.75, 3.05) is 63.3 Å². The molecule has 2 aromatic rings. The van der Waals surface area contributed by atoms with Crippen molar-refractivity contribution in [1.29, 1.82) is 0 Å². The number of anilines is 2. The first kappa shape index (κ1) is 21.9. The fourth-order valence-electron chi connectivity index (χ4n) is 3.44. The molecule has 162 valence electrons. The summed E-state index contributed by atoms with van der Waals surface area (Å²) in [5.74, 6) is 0.857. The zero-order valence-corrected chi connectivity index (χ0v) is 17.8. The van der Waals surface area contributed by atoms with Crippen molar-refractivity contribution >= 4 is 17.4 Å². The van der Waals surface area contributed by atoms with Crippen LogP contribution < -0.4 is 15.0 Å². The van der Waals surface area contributed by atoms with E-state index in [-0.39, 0.29) is 6.03 Å². The van der Waals surface area contributed by atoms with Crippen molar-refractivity contribution in [2.24, 2.45) is 0 Å². The second-order valence-electron chi connectivity index (χ2n) is 7.03. The van der Waals surface area contributed by atoms with Crippen LogP contribution in [0.4, 0.5) is 16.2 Å². The van der Waals surface area contributed by atoms with Crippen LogP contribution in [0.3, 0.4) is 0 Å². The van der Waals surface area contributed by atoms with Gasteiger partial charge in [-0.15, -0.1) is 0 Å². The Morgan fingerprint density at radius 3 is 2.53 bits per heavy atom. The highest BCUT2D eigenvalue weighted by Crippen LogP contribution is 2.28. The maximum atomic E-state index is 12.7. The zero-order chi connectivity index (χ0) is 21.2. The molecule has 7 heteroatoms. The fraction of sp³-hybridized carbons (Fsp3) is 0.435. The highest BCUT2D eigenvalue weighted by Gasteiger charge is 2.22. The van der Waals surface area contributed by atoms with Crippen LogP contribution >= 0.6 is 0 Å². The van der Waals surface area contributed by atoms with Crippen molar-refractivity contribution in [1.82, 2.24) is 4.90 Å². The molecule has 1 heterocycles. The van der Waals surface area contributed by atoms with Crippen LogP contribution in [0.5, 0.6) is 5.75 Å². The van der Waals surface area contributed by atoms with Gasteiger partial charge in [-0.25, -0.2) is 4.79 Å². The number of nitrogens with one attached hydrogen (secondary N) is 1. The lowest BCUT2D eigenvalue weighted by atomic mass is 10.2. The number of carbonyl (C=O) groups excluding carboxylic acids is 1. The van der Waals surface area contributed by atoms with E-state index in [0.29, 0.717) is 39.5 Å². The van der Waals surface area contributed by atoms with E-state index in [1.165, 1.54) is 0 Å². The van der Waals surface area contributed by atoms with Gasteiger partial charge in [0.2, 0.25) is 0 Å². The van der Waals surface area contributed by atoms with Crippen molar-refractivity contribution in [2.45, 2.75) is 13.5 Å².